The molecule has 2 unspecified atom stereocenters. The molecule has 3 N–H and O–H groups in total. The Labute approximate surface area is 121 Å². The van der Waals surface area contributed by atoms with E-state index in [9.17, 15) is 14.4 Å². The quantitative estimate of drug-likeness (QED) is 0.576. The van der Waals surface area contributed by atoms with E-state index in [4.69, 9.17) is 10.5 Å². The van der Waals surface area contributed by atoms with Crippen LogP contribution in [0.25, 0.3) is 0 Å². The fraction of sp³-hybridized carbons (Fsp3) is 0.357. The van der Waals surface area contributed by atoms with Gasteiger partial charge in [-0.1, -0.05) is 6.07 Å². The largest absolute Gasteiger partial charge is 0.398 e. The predicted molar refractivity (Wildman–Crippen MR) is 73.6 cm³/mol. The first-order valence-electron chi connectivity index (χ1n) is 6.62. The van der Waals surface area contributed by atoms with Crippen molar-refractivity contribution >= 4 is 23.4 Å². The Bertz CT molecular complexity index is 643. The molecular formula is C14H15N3O4. The average molecular weight is 289 g/mol. The van der Waals surface area contributed by atoms with Crippen molar-refractivity contribution in [2.24, 2.45) is 0 Å². The van der Waals surface area contributed by atoms with Crippen LogP contribution < -0.4 is 11.1 Å². The van der Waals surface area contributed by atoms with Gasteiger partial charge < -0.3 is 15.8 Å². The molecule has 2 aliphatic rings. The number of hydrogen-bond acceptors (Lipinski definition) is 6. The van der Waals surface area contributed by atoms with E-state index in [1.165, 1.54) is 12.1 Å². The number of nitrogen functional groups attached to an aromatic ring is 1. The molecule has 7 nitrogen and oxygen atoms in total. The number of rotatable bonds is 2. The number of nitrogens with one attached hydrogen (secondary N) is 1. The van der Waals surface area contributed by atoms with Crippen molar-refractivity contribution in [1.82, 2.24) is 10.2 Å². The summed E-state index contributed by atoms with van der Waals surface area (Å²) < 4.78 is 5.17. The number of amides is 3. The molecule has 0 spiro atoms. The Hall–Kier alpha value is -2.25. The summed E-state index contributed by atoms with van der Waals surface area (Å²) in [4.78, 5) is 37.7. The van der Waals surface area contributed by atoms with Crippen molar-refractivity contribution in [2.45, 2.75) is 18.6 Å². The topological polar surface area (TPSA) is 102 Å². The van der Waals surface area contributed by atoms with E-state index in [1.54, 1.807) is 13.2 Å². The zero-order chi connectivity index (χ0) is 15.1. The molecule has 110 valence electrons. The lowest BCUT2D eigenvalue weighted by Crippen LogP contribution is -2.46. The molecule has 2 heterocycles. The van der Waals surface area contributed by atoms with Crippen molar-refractivity contribution in [1.29, 1.82) is 0 Å². The maximum Gasteiger partial charge on any atom is 0.270 e. The summed E-state index contributed by atoms with van der Waals surface area (Å²) in [6.07, 6.45) is 0.331. The highest BCUT2D eigenvalue weighted by molar-refractivity contribution is 6.31. The number of fused-ring (bicyclic) bond motifs is 1. The van der Waals surface area contributed by atoms with Gasteiger partial charge in [0.2, 0.25) is 0 Å². The highest BCUT2D eigenvalue weighted by Crippen LogP contribution is 2.28. The average Bonchev–Trinajstić information content (AvgIpc) is 3.04. The summed E-state index contributed by atoms with van der Waals surface area (Å²) >= 11 is 0. The number of benzene rings is 1. The molecule has 3 amide bonds. The van der Waals surface area contributed by atoms with Crippen LogP contribution in [0.1, 0.15) is 27.1 Å². The van der Waals surface area contributed by atoms with E-state index in [1.807, 2.05) is 0 Å². The Balaban J connectivity index is 1.88. The number of nitrogens with zero attached hydrogens (tertiary/aromatic N) is 1. The van der Waals surface area contributed by atoms with E-state index >= 15 is 0 Å². The fourth-order valence-corrected chi connectivity index (χ4v) is 2.74. The molecule has 2 aliphatic heterocycles. The van der Waals surface area contributed by atoms with Crippen LogP contribution in [0, 0.1) is 0 Å². The summed E-state index contributed by atoms with van der Waals surface area (Å²) in [6.45, 7) is 0.512. The molecular weight excluding hydrogens is 274 g/mol. The number of hydrogen-bond donors (Lipinski definition) is 2. The molecule has 0 radical (unpaired) electrons. The molecule has 0 saturated carbocycles. The zero-order valence-corrected chi connectivity index (χ0v) is 11.5. The number of methoxy groups -OCH3 is 1. The van der Waals surface area contributed by atoms with Crippen molar-refractivity contribution in [2.75, 3.05) is 19.4 Å². The van der Waals surface area contributed by atoms with Gasteiger partial charge in [-0.2, -0.15) is 0 Å². The highest BCUT2D eigenvalue weighted by atomic mass is 16.5. The lowest BCUT2D eigenvalue weighted by molar-refractivity contribution is -0.128. The Morgan fingerprint density at radius 1 is 1.38 bits per heavy atom. The fourth-order valence-electron chi connectivity index (χ4n) is 2.74. The minimum absolute atomic E-state index is 0.0980. The number of nitrogens with two attached hydrogens (primary N) is 1. The number of imide groups is 3. The molecule has 7 heteroatoms. The molecule has 0 aromatic heterocycles. The third-order valence-corrected chi connectivity index (χ3v) is 3.89. The molecule has 1 aromatic rings. The Morgan fingerprint density at radius 2 is 2.14 bits per heavy atom. The number of carbonyl (C=O) groups is 3. The van der Waals surface area contributed by atoms with Gasteiger partial charge in [0.15, 0.2) is 0 Å². The van der Waals surface area contributed by atoms with Crippen molar-refractivity contribution in [3.05, 3.63) is 29.3 Å². The van der Waals surface area contributed by atoms with Gasteiger partial charge in [0.1, 0.15) is 0 Å². The highest BCUT2D eigenvalue weighted by Gasteiger charge is 2.44. The minimum atomic E-state index is -0.652. The van der Waals surface area contributed by atoms with E-state index < -0.39 is 23.8 Å². The molecule has 3 rings (SSSR count). The second kappa shape index (κ2) is 4.94. The molecule has 0 bridgehead atoms. The third kappa shape index (κ3) is 2.01. The first-order chi connectivity index (χ1) is 10.0. The van der Waals surface area contributed by atoms with Crippen molar-refractivity contribution < 1.29 is 19.1 Å². The van der Waals surface area contributed by atoms with Crippen molar-refractivity contribution in [3.63, 3.8) is 0 Å². The van der Waals surface area contributed by atoms with Crippen molar-refractivity contribution in [3.8, 4) is 0 Å². The van der Waals surface area contributed by atoms with Gasteiger partial charge in [0, 0.05) is 19.3 Å². The number of carbonyl (C=O) groups excluding carboxylic acids is 3. The molecule has 1 saturated heterocycles. The minimum Gasteiger partial charge on any atom is -0.398 e. The van der Waals surface area contributed by atoms with E-state index in [-0.39, 0.29) is 22.9 Å². The maximum absolute atomic E-state index is 12.4. The van der Waals surface area contributed by atoms with Crippen LogP contribution in [-0.2, 0) is 9.53 Å². The lowest BCUT2D eigenvalue weighted by atomic mass is 10.1. The third-order valence-electron chi connectivity index (χ3n) is 3.89. The monoisotopic (exact) mass is 289 g/mol. The molecule has 1 aromatic carbocycles. The summed E-state index contributed by atoms with van der Waals surface area (Å²) in [5.74, 6) is -1.82. The van der Waals surface area contributed by atoms with Gasteiger partial charge in [-0.3, -0.25) is 14.4 Å². The second-order valence-electron chi connectivity index (χ2n) is 5.11. The summed E-state index contributed by atoms with van der Waals surface area (Å²) in [5.41, 5.74) is 6.23. The normalized spacial score (nSPS) is 24.5. The van der Waals surface area contributed by atoms with Crippen LogP contribution in [0.15, 0.2) is 18.2 Å². The summed E-state index contributed by atoms with van der Waals surface area (Å²) in [6, 6.07) is 4.02. The van der Waals surface area contributed by atoms with E-state index in [0.29, 0.717) is 17.9 Å². The second-order valence-corrected chi connectivity index (χ2v) is 5.11. The zero-order valence-electron chi connectivity index (χ0n) is 11.5. The smallest absolute Gasteiger partial charge is 0.270 e. The van der Waals surface area contributed by atoms with Gasteiger partial charge >= 0.3 is 0 Å². The number of anilines is 1. The Morgan fingerprint density at radius 3 is 2.76 bits per heavy atom. The molecule has 1 fully saturated rings. The lowest BCUT2D eigenvalue weighted by Gasteiger charge is -2.16. The van der Waals surface area contributed by atoms with Crippen LogP contribution in [0.2, 0.25) is 0 Å². The first kappa shape index (κ1) is 13.7. The van der Waals surface area contributed by atoms with Crippen LogP contribution in [0.4, 0.5) is 5.69 Å². The van der Waals surface area contributed by atoms with Gasteiger partial charge in [-0.05, 0) is 18.6 Å². The van der Waals surface area contributed by atoms with Crippen LogP contribution in [0.3, 0.4) is 0 Å². The summed E-state index contributed by atoms with van der Waals surface area (Å²) in [7, 11) is 1.56. The van der Waals surface area contributed by atoms with Crippen LogP contribution in [0.5, 0.6) is 0 Å². The van der Waals surface area contributed by atoms with Crippen LogP contribution >= 0.6 is 0 Å². The van der Waals surface area contributed by atoms with Crippen LogP contribution in [-0.4, -0.2) is 48.4 Å². The predicted octanol–water partition coefficient (Wildman–Crippen LogP) is -0.232. The van der Waals surface area contributed by atoms with Gasteiger partial charge in [-0.25, -0.2) is 4.90 Å². The SMILES string of the molecule is COC1CNC(C(=O)N2C(=O)c3cccc(N)c3C2=O)C1. The first-order valence-corrected chi connectivity index (χ1v) is 6.62. The molecule has 2 atom stereocenters. The van der Waals surface area contributed by atoms with Gasteiger partial charge in [0.05, 0.1) is 23.3 Å². The number of ether oxygens (including phenoxy) is 1. The molecule has 0 aliphatic carbocycles. The van der Waals surface area contributed by atoms with Gasteiger partial charge in [-0.15, -0.1) is 0 Å². The Kier molecular flexibility index (Phi) is 3.23. The van der Waals surface area contributed by atoms with E-state index in [2.05, 4.69) is 5.32 Å². The molecule has 21 heavy (non-hydrogen) atoms. The van der Waals surface area contributed by atoms with E-state index in [0.717, 1.165) is 0 Å². The summed E-state index contributed by atoms with van der Waals surface area (Å²) in [5, 5.41) is 2.96. The van der Waals surface area contributed by atoms with Gasteiger partial charge in [0.25, 0.3) is 17.7 Å². The standard InChI is InChI=1S/C14H15N3O4/c1-21-7-5-10(16-6-7)13(19)17-12(18)8-3-2-4-9(15)11(8)14(17)20/h2-4,7,10,16H,5-6,15H2,1H3. The maximum atomic E-state index is 12.4.